The van der Waals surface area contributed by atoms with Crippen molar-refractivity contribution in [3.8, 4) is 0 Å². The van der Waals surface area contributed by atoms with Crippen LogP contribution in [0.1, 0.15) is 23.9 Å². The van der Waals surface area contributed by atoms with E-state index in [2.05, 4.69) is 39.9 Å². The molecule has 27 heavy (non-hydrogen) atoms. The molecule has 0 radical (unpaired) electrons. The summed E-state index contributed by atoms with van der Waals surface area (Å²) in [6, 6.07) is 18.4. The lowest BCUT2D eigenvalue weighted by molar-refractivity contribution is -0.116. The van der Waals surface area contributed by atoms with Gasteiger partial charge in [0.25, 0.3) is 0 Å². The van der Waals surface area contributed by atoms with E-state index >= 15 is 0 Å². The third-order valence-corrected chi connectivity index (χ3v) is 5.78. The summed E-state index contributed by atoms with van der Waals surface area (Å²) in [7, 11) is 0. The third kappa shape index (κ3) is 3.76. The van der Waals surface area contributed by atoms with E-state index in [9.17, 15) is 4.79 Å². The lowest BCUT2D eigenvalue weighted by Gasteiger charge is -2.17. The SMILES string of the molecule is CCn1c(Cc2ccccc2)nnc1SCC(=O)N1CCc2ccccc21. The summed E-state index contributed by atoms with van der Waals surface area (Å²) < 4.78 is 2.10. The van der Waals surface area contributed by atoms with Gasteiger partial charge < -0.3 is 9.47 Å². The predicted octanol–water partition coefficient (Wildman–Crippen LogP) is 3.57. The number of hydrogen-bond donors (Lipinski definition) is 0. The number of amides is 1. The molecule has 0 aliphatic carbocycles. The van der Waals surface area contributed by atoms with Crippen molar-refractivity contribution in [2.24, 2.45) is 0 Å². The van der Waals surface area contributed by atoms with Crippen molar-refractivity contribution in [2.75, 3.05) is 17.2 Å². The monoisotopic (exact) mass is 378 g/mol. The molecule has 1 aliphatic rings. The van der Waals surface area contributed by atoms with E-state index in [1.807, 2.05) is 41.3 Å². The molecule has 2 aromatic carbocycles. The highest BCUT2D eigenvalue weighted by atomic mass is 32.2. The Morgan fingerprint density at radius 3 is 2.67 bits per heavy atom. The lowest BCUT2D eigenvalue weighted by Crippen LogP contribution is -2.30. The van der Waals surface area contributed by atoms with E-state index in [1.165, 1.54) is 22.9 Å². The van der Waals surface area contributed by atoms with Crippen LogP contribution >= 0.6 is 11.8 Å². The molecular formula is C21H22N4OS. The van der Waals surface area contributed by atoms with Crippen LogP contribution < -0.4 is 4.90 Å². The van der Waals surface area contributed by atoms with Crippen LogP contribution in [0.4, 0.5) is 5.69 Å². The van der Waals surface area contributed by atoms with Gasteiger partial charge in [-0.05, 0) is 30.5 Å². The molecule has 1 aliphatic heterocycles. The molecule has 0 bridgehead atoms. The molecular weight excluding hydrogens is 356 g/mol. The summed E-state index contributed by atoms with van der Waals surface area (Å²) in [6.07, 6.45) is 1.68. The molecule has 0 atom stereocenters. The van der Waals surface area contributed by atoms with Crippen LogP contribution in [0, 0.1) is 0 Å². The average molecular weight is 379 g/mol. The second-order valence-electron chi connectivity index (χ2n) is 6.52. The van der Waals surface area contributed by atoms with Crippen molar-refractivity contribution in [2.45, 2.75) is 31.5 Å². The van der Waals surface area contributed by atoms with Gasteiger partial charge in [0, 0.05) is 25.2 Å². The molecule has 3 aromatic rings. The van der Waals surface area contributed by atoms with Gasteiger partial charge in [-0.3, -0.25) is 4.79 Å². The van der Waals surface area contributed by atoms with Crippen molar-refractivity contribution < 1.29 is 4.79 Å². The Kier molecular flexibility index (Phi) is 5.25. The maximum Gasteiger partial charge on any atom is 0.237 e. The Morgan fingerprint density at radius 2 is 1.85 bits per heavy atom. The smallest absolute Gasteiger partial charge is 0.237 e. The summed E-state index contributed by atoms with van der Waals surface area (Å²) in [4.78, 5) is 14.6. The molecule has 6 heteroatoms. The first-order valence-corrected chi connectivity index (χ1v) is 10.2. The van der Waals surface area contributed by atoms with Crippen LogP contribution in [-0.4, -0.2) is 33.0 Å². The van der Waals surface area contributed by atoms with Crippen molar-refractivity contribution in [3.63, 3.8) is 0 Å². The maximum atomic E-state index is 12.7. The molecule has 138 valence electrons. The summed E-state index contributed by atoms with van der Waals surface area (Å²) >= 11 is 1.47. The van der Waals surface area contributed by atoms with Gasteiger partial charge in [0.15, 0.2) is 5.16 Å². The number of nitrogens with zero attached hydrogens (tertiary/aromatic N) is 4. The fourth-order valence-corrected chi connectivity index (χ4v) is 4.35. The number of benzene rings is 2. The third-order valence-electron chi connectivity index (χ3n) is 4.83. The number of fused-ring (bicyclic) bond motifs is 1. The maximum absolute atomic E-state index is 12.7. The van der Waals surface area contributed by atoms with Crippen LogP contribution in [0.5, 0.6) is 0 Å². The Hall–Kier alpha value is -2.60. The molecule has 1 aromatic heterocycles. The number of rotatable bonds is 6. The van der Waals surface area contributed by atoms with E-state index in [4.69, 9.17) is 0 Å². The zero-order valence-electron chi connectivity index (χ0n) is 15.3. The fourth-order valence-electron chi connectivity index (χ4n) is 3.45. The van der Waals surface area contributed by atoms with E-state index in [0.717, 1.165) is 42.6 Å². The topological polar surface area (TPSA) is 51.0 Å². The molecule has 0 saturated heterocycles. The van der Waals surface area contributed by atoms with E-state index < -0.39 is 0 Å². The van der Waals surface area contributed by atoms with Gasteiger partial charge >= 0.3 is 0 Å². The molecule has 5 nitrogen and oxygen atoms in total. The number of anilines is 1. The van der Waals surface area contributed by atoms with Crippen LogP contribution in [0.2, 0.25) is 0 Å². The number of para-hydroxylation sites is 1. The molecule has 0 N–H and O–H groups in total. The quantitative estimate of drug-likeness (QED) is 0.616. The molecule has 0 spiro atoms. The van der Waals surface area contributed by atoms with Crippen LogP contribution in [0.15, 0.2) is 59.8 Å². The van der Waals surface area contributed by atoms with E-state index in [-0.39, 0.29) is 5.91 Å². The van der Waals surface area contributed by atoms with Crippen molar-refractivity contribution in [1.29, 1.82) is 0 Å². The molecule has 2 heterocycles. The molecule has 4 rings (SSSR count). The lowest BCUT2D eigenvalue weighted by atomic mass is 10.1. The summed E-state index contributed by atoms with van der Waals surface area (Å²) in [5.41, 5.74) is 3.50. The van der Waals surface area contributed by atoms with Crippen molar-refractivity contribution in [1.82, 2.24) is 14.8 Å². The summed E-state index contributed by atoms with van der Waals surface area (Å²) in [5.74, 6) is 1.43. The zero-order chi connectivity index (χ0) is 18.6. The number of carbonyl (C=O) groups excluding carboxylic acids is 1. The second-order valence-corrected chi connectivity index (χ2v) is 7.46. The van der Waals surface area contributed by atoms with Gasteiger partial charge in [-0.2, -0.15) is 0 Å². The highest BCUT2D eigenvalue weighted by Gasteiger charge is 2.24. The van der Waals surface area contributed by atoms with Crippen molar-refractivity contribution >= 4 is 23.4 Å². The molecule has 0 unspecified atom stereocenters. The first kappa shape index (κ1) is 17.8. The number of carbonyl (C=O) groups is 1. The van der Waals surface area contributed by atoms with Gasteiger partial charge in [-0.15, -0.1) is 10.2 Å². The Bertz CT molecular complexity index is 938. The molecule has 0 saturated carbocycles. The summed E-state index contributed by atoms with van der Waals surface area (Å²) in [5, 5.41) is 9.50. The molecule has 1 amide bonds. The van der Waals surface area contributed by atoms with Gasteiger partial charge in [0.05, 0.1) is 5.75 Å². The Balaban J connectivity index is 1.43. The zero-order valence-corrected chi connectivity index (χ0v) is 16.2. The number of aromatic nitrogens is 3. The van der Waals surface area contributed by atoms with Gasteiger partial charge in [-0.1, -0.05) is 60.3 Å². The Labute approximate surface area is 163 Å². The van der Waals surface area contributed by atoms with Crippen LogP contribution in [-0.2, 0) is 24.2 Å². The standard InChI is InChI=1S/C21H22N4OS/c1-2-24-19(14-16-8-4-3-5-9-16)22-23-21(24)27-15-20(26)25-13-12-17-10-6-7-11-18(17)25/h3-11H,2,12-15H2,1H3. The van der Waals surface area contributed by atoms with Crippen molar-refractivity contribution in [3.05, 3.63) is 71.5 Å². The highest BCUT2D eigenvalue weighted by Crippen LogP contribution is 2.28. The first-order chi connectivity index (χ1) is 13.3. The largest absolute Gasteiger partial charge is 0.311 e. The number of hydrogen-bond acceptors (Lipinski definition) is 4. The van der Waals surface area contributed by atoms with Crippen LogP contribution in [0.3, 0.4) is 0 Å². The molecule has 0 fully saturated rings. The fraction of sp³-hybridized carbons (Fsp3) is 0.286. The van der Waals surface area contributed by atoms with Gasteiger partial charge in [0.1, 0.15) is 5.82 Å². The normalized spacial score (nSPS) is 13.0. The highest BCUT2D eigenvalue weighted by molar-refractivity contribution is 7.99. The van der Waals surface area contributed by atoms with Gasteiger partial charge in [0.2, 0.25) is 5.91 Å². The average Bonchev–Trinajstić information content (AvgIpc) is 3.30. The number of thioether (sulfide) groups is 1. The minimum absolute atomic E-state index is 0.125. The van der Waals surface area contributed by atoms with E-state index in [0.29, 0.717) is 5.75 Å². The first-order valence-electron chi connectivity index (χ1n) is 9.23. The summed E-state index contributed by atoms with van der Waals surface area (Å²) in [6.45, 7) is 3.64. The predicted molar refractivity (Wildman–Crippen MR) is 108 cm³/mol. The van der Waals surface area contributed by atoms with Gasteiger partial charge in [-0.25, -0.2) is 0 Å². The second kappa shape index (κ2) is 7.96. The minimum atomic E-state index is 0.125. The Morgan fingerprint density at radius 1 is 1.07 bits per heavy atom. The van der Waals surface area contributed by atoms with E-state index in [1.54, 1.807) is 0 Å². The minimum Gasteiger partial charge on any atom is -0.311 e. The van der Waals surface area contributed by atoms with Crippen LogP contribution in [0.25, 0.3) is 0 Å².